The number of halogens is 1. The number of benzene rings is 1. The van der Waals surface area contributed by atoms with Crippen LogP contribution in [0, 0.1) is 0 Å². The molecule has 0 aliphatic heterocycles. The first-order valence-corrected chi connectivity index (χ1v) is 4.06. The summed E-state index contributed by atoms with van der Waals surface area (Å²) in [7, 11) is 0. The summed E-state index contributed by atoms with van der Waals surface area (Å²) < 4.78 is 2.18. The molecule has 0 atom stereocenters. The fourth-order valence-electron chi connectivity index (χ4n) is 1.44. The zero-order valence-corrected chi connectivity index (χ0v) is 8.13. The topological polar surface area (TPSA) is 4.93 Å². The maximum atomic E-state index is 3.72. The van der Waals surface area contributed by atoms with Gasteiger partial charge in [0.1, 0.15) is 0 Å². The molecule has 0 saturated carbocycles. The number of para-hydroxylation sites is 1. The molecule has 0 bridgehead atoms. The van der Waals surface area contributed by atoms with Crippen molar-refractivity contribution < 1.29 is 0 Å². The van der Waals surface area contributed by atoms with E-state index < -0.39 is 0 Å². The molecule has 0 fully saturated rings. The van der Waals surface area contributed by atoms with Crippen molar-refractivity contribution in [3.8, 4) is 0 Å². The lowest BCUT2D eigenvalue weighted by Crippen LogP contribution is -1.90. The molecule has 1 aromatic carbocycles. The number of hydrogen-bond acceptors (Lipinski definition) is 0. The van der Waals surface area contributed by atoms with E-state index in [0.717, 1.165) is 6.54 Å². The van der Waals surface area contributed by atoms with Gasteiger partial charge in [-0.25, -0.2) is 0 Å². The van der Waals surface area contributed by atoms with E-state index in [2.05, 4.69) is 47.7 Å². The van der Waals surface area contributed by atoms with E-state index in [4.69, 9.17) is 0 Å². The van der Waals surface area contributed by atoms with Gasteiger partial charge in [0.15, 0.2) is 0 Å². The smallest absolute Gasteiger partial charge is 0.0483 e. The molecule has 2 aromatic rings. The van der Waals surface area contributed by atoms with Crippen LogP contribution in [0.1, 0.15) is 0 Å². The van der Waals surface area contributed by atoms with E-state index in [0.29, 0.717) is 0 Å². The Morgan fingerprint density at radius 2 is 2.00 bits per heavy atom. The van der Waals surface area contributed by atoms with E-state index >= 15 is 0 Å². The molecule has 0 aliphatic rings. The van der Waals surface area contributed by atoms with E-state index in [9.17, 15) is 0 Å². The quantitative estimate of drug-likeness (QED) is 0.646. The van der Waals surface area contributed by atoms with Crippen LogP contribution in [0.5, 0.6) is 0 Å². The molecule has 1 heterocycles. The molecule has 0 radical (unpaired) electrons. The molecular formula is C11H12ClN. The van der Waals surface area contributed by atoms with Gasteiger partial charge in [-0.2, -0.15) is 0 Å². The Bertz CT molecular complexity index is 403. The lowest BCUT2D eigenvalue weighted by atomic mass is 10.2. The maximum Gasteiger partial charge on any atom is 0.0483 e. The summed E-state index contributed by atoms with van der Waals surface area (Å²) in [5.74, 6) is 0. The first kappa shape index (κ1) is 9.87. The van der Waals surface area contributed by atoms with Crippen LogP contribution in [0.25, 0.3) is 10.9 Å². The van der Waals surface area contributed by atoms with Gasteiger partial charge in [-0.3, -0.25) is 0 Å². The van der Waals surface area contributed by atoms with Crippen LogP contribution >= 0.6 is 12.4 Å². The predicted octanol–water partition coefficient (Wildman–Crippen LogP) is 3.25. The summed E-state index contributed by atoms with van der Waals surface area (Å²) >= 11 is 0. The van der Waals surface area contributed by atoms with Gasteiger partial charge in [0.05, 0.1) is 0 Å². The van der Waals surface area contributed by atoms with Gasteiger partial charge in [0.25, 0.3) is 0 Å². The second kappa shape index (κ2) is 4.15. The average molecular weight is 194 g/mol. The van der Waals surface area contributed by atoms with E-state index in [-0.39, 0.29) is 12.4 Å². The molecular weight excluding hydrogens is 182 g/mol. The molecule has 2 rings (SSSR count). The molecule has 13 heavy (non-hydrogen) atoms. The molecule has 1 aromatic heterocycles. The highest BCUT2D eigenvalue weighted by atomic mass is 35.5. The van der Waals surface area contributed by atoms with Crippen LogP contribution in [0.4, 0.5) is 0 Å². The first-order valence-electron chi connectivity index (χ1n) is 4.06. The summed E-state index contributed by atoms with van der Waals surface area (Å²) in [6.07, 6.45) is 4.00. The van der Waals surface area contributed by atoms with Crippen LogP contribution in [0.3, 0.4) is 0 Å². The fourth-order valence-corrected chi connectivity index (χ4v) is 1.44. The highest BCUT2D eigenvalue weighted by molar-refractivity contribution is 5.85. The largest absolute Gasteiger partial charge is 0.344 e. The Morgan fingerprint density at radius 3 is 2.77 bits per heavy atom. The Morgan fingerprint density at radius 1 is 1.23 bits per heavy atom. The number of hydrogen-bond donors (Lipinski definition) is 0. The molecule has 0 unspecified atom stereocenters. The van der Waals surface area contributed by atoms with Crippen molar-refractivity contribution in [1.29, 1.82) is 0 Å². The van der Waals surface area contributed by atoms with E-state index in [1.54, 1.807) is 0 Å². The molecule has 68 valence electrons. The lowest BCUT2D eigenvalue weighted by molar-refractivity contribution is 0.865. The van der Waals surface area contributed by atoms with Gasteiger partial charge < -0.3 is 4.57 Å². The van der Waals surface area contributed by atoms with Gasteiger partial charge in [-0.1, -0.05) is 24.3 Å². The standard InChI is InChI=1S/C11H11N.ClH/c1-2-8-12-9-7-10-5-3-4-6-11(10)12;/h2-7,9H,1,8H2;1H. The summed E-state index contributed by atoms with van der Waals surface area (Å²) in [6, 6.07) is 10.5. The number of nitrogens with zero attached hydrogens (tertiary/aromatic N) is 1. The van der Waals surface area contributed by atoms with Crippen molar-refractivity contribution in [2.75, 3.05) is 0 Å². The van der Waals surface area contributed by atoms with Crippen LogP contribution in [0.2, 0.25) is 0 Å². The van der Waals surface area contributed by atoms with Crippen LogP contribution in [0.15, 0.2) is 49.2 Å². The van der Waals surface area contributed by atoms with Gasteiger partial charge in [0, 0.05) is 18.3 Å². The van der Waals surface area contributed by atoms with E-state index in [1.165, 1.54) is 10.9 Å². The van der Waals surface area contributed by atoms with Gasteiger partial charge in [-0.15, -0.1) is 19.0 Å². The first-order chi connectivity index (χ1) is 5.92. The van der Waals surface area contributed by atoms with Crippen LogP contribution in [-0.4, -0.2) is 4.57 Å². The molecule has 2 heteroatoms. The molecule has 0 spiro atoms. The molecule has 0 aliphatic carbocycles. The fraction of sp³-hybridized carbons (Fsp3) is 0.0909. The van der Waals surface area contributed by atoms with Crippen molar-refractivity contribution in [2.45, 2.75) is 6.54 Å². The summed E-state index contributed by atoms with van der Waals surface area (Å²) in [4.78, 5) is 0. The average Bonchev–Trinajstić information content (AvgIpc) is 2.50. The zero-order chi connectivity index (χ0) is 8.39. The van der Waals surface area contributed by atoms with Crippen LogP contribution < -0.4 is 0 Å². The number of rotatable bonds is 2. The lowest BCUT2D eigenvalue weighted by Gasteiger charge is -1.99. The van der Waals surface area contributed by atoms with Crippen molar-refractivity contribution in [3.05, 3.63) is 49.2 Å². The summed E-state index contributed by atoms with van der Waals surface area (Å²) in [5.41, 5.74) is 1.28. The minimum atomic E-state index is 0. The normalized spacial score (nSPS) is 9.54. The second-order valence-corrected chi connectivity index (χ2v) is 2.82. The third-order valence-electron chi connectivity index (χ3n) is 2.01. The number of fused-ring (bicyclic) bond motifs is 1. The van der Waals surface area contributed by atoms with Gasteiger partial charge in [0.2, 0.25) is 0 Å². The molecule has 0 N–H and O–H groups in total. The zero-order valence-electron chi connectivity index (χ0n) is 7.31. The molecule has 1 nitrogen and oxygen atoms in total. The minimum absolute atomic E-state index is 0. The Hall–Kier alpha value is -1.21. The summed E-state index contributed by atoms with van der Waals surface area (Å²) in [6.45, 7) is 4.60. The van der Waals surface area contributed by atoms with Crippen LogP contribution in [-0.2, 0) is 6.54 Å². The van der Waals surface area contributed by atoms with Crippen molar-refractivity contribution in [1.82, 2.24) is 4.57 Å². The molecule has 0 saturated heterocycles. The van der Waals surface area contributed by atoms with Crippen molar-refractivity contribution in [3.63, 3.8) is 0 Å². The Balaban J connectivity index is 0.000000845. The third kappa shape index (κ3) is 1.76. The predicted molar refractivity (Wildman–Crippen MR) is 59.4 cm³/mol. The second-order valence-electron chi connectivity index (χ2n) is 2.82. The number of allylic oxidation sites excluding steroid dienone is 1. The van der Waals surface area contributed by atoms with E-state index in [1.807, 2.05) is 6.08 Å². The SMILES string of the molecule is C=CCn1ccc2ccccc21.Cl. The Labute approximate surface area is 84.1 Å². The molecule has 0 amide bonds. The Kier molecular flexibility index (Phi) is 3.15. The van der Waals surface area contributed by atoms with Gasteiger partial charge in [-0.05, 0) is 17.5 Å². The number of aromatic nitrogens is 1. The summed E-state index contributed by atoms with van der Waals surface area (Å²) in [5, 5.41) is 1.29. The maximum absolute atomic E-state index is 3.72. The minimum Gasteiger partial charge on any atom is -0.344 e. The van der Waals surface area contributed by atoms with Crippen molar-refractivity contribution in [2.24, 2.45) is 0 Å². The monoisotopic (exact) mass is 193 g/mol. The van der Waals surface area contributed by atoms with Crippen molar-refractivity contribution >= 4 is 23.3 Å². The third-order valence-corrected chi connectivity index (χ3v) is 2.01. The van der Waals surface area contributed by atoms with Gasteiger partial charge >= 0.3 is 0 Å². The highest BCUT2D eigenvalue weighted by Gasteiger charge is 1.95. The highest BCUT2D eigenvalue weighted by Crippen LogP contribution is 2.14.